The van der Waals surface area contributed by atoms with Crippen LogP contribution in [-0.4, -0.2) is 19.5 Å². The minimum atomic E-state index is 0.576. The highest BCUT2D eigenvalue weighted by Crippen LogP contribution is 2.42. The molecule has 0 N–H and O–H groups in total. The average Bonchev–Trinajstić information content (AvgIpc) is 4.06. The van der Waals surface area contributed by atoms with Crippen LogP contribution in [0, 0.1) is 0 Å². The van der Waals surface area contributed by atoms with Crippen molar-refractivity contribution in [3.8, 4) is 39.9 Å². The SMILES string of the molecule is c1ccc2cc(-c3nc(-c4ccc5oc6ccccc6c5c4)nc(-c4ccc5oc6ccc7ccc(-n8c9cc%10ccccc%10cc9c9ccc%10ccccc%10c98)cc7c6c5c4)n3)ccc2c1. The quantitative estimate of drug-likeness (QED) is 0.176. The first kappa shape index (κ1) is 36.2. The Morgan fingerprint density at radius 1 is 0.299 bits per heavy atom. The number of para-hydroxylation sites is 1. The van der Waals surface area contributed by atoms with Crippen molar-refractivity contribution in [2.75, 3.05) is 0 Å². The van der Waals surface area contributed by atoms with Crippen molar-refractivity contribution in [2.24, 2.45) is 0 Å². The summed E-state index contributed by atoms with van der Waals surface area (Å²) in [4.78, 5) is 15.6. The molecule has 0 aliphatic heterocycles. The number of benzene rings is 11. The first-order valence-electron chi connectivity index (χ1n) is 22.6. The lowest BCUT2D eigenvalue weighted by atomic mass is 10.0. The van der Waals surface area contributed by atoms with Crippen molar-refractivity contribution in [2.45, 2.75) is 0 Å². The van der Waals surface area contributed by atoms with Crippen LogP contribution < -0.4 is 0 Å². The smallest absolute Gasteiger partial charge is 0.164 e. The zero-order valence-electron chi connectivity index (χ0n) is 35.7. The Balaban J connectivity index is 0.953. The Labute approximate surface area is 381 Å². The Hall–Kier alpha value is -9.13. The van der Waals surface area contributed by atoms with Gasteiger partial charge in [0.1, 0.15) is 22.3 Å². The van der Waals surface area contributed by atoms with Gasteiger partial charge in [-0.1, -0.05) is 127 Å². The largest absolute Gasteiger partial charge is 0.456 e. The maximum absolute atomic E-state index is 6.65. The van der Waals surface area contributed by atoms with Gasteiger partial charge < -0.3 is 13.4 Å². The molecule has 15 aromatic rings. The monoisotopic (exact) mass is 854 g/mol. The van der Waals surface area contributed by atoms with Crippen LogP contribution in [-0.2, 0) is 0 Å². The molecule has 4 aromatic heterocycles. The molecule has 0 aliphatic rings. The first-order valence-corrected chi connectivity index (χ1v) is 22.6. The van der Waals surface area contributed by atoms with Crippen LogP contribution in [0.4, 0.5) is 0 Å². The van der Waals surface area contributed by atoms with Gasteiger partial charge in [-0.2, -0.15) is 0 Å². The Morgan fingerprint density at radius 2 is 0.821 bits per heavy atom. The Bertz CT molecular complexity index is 4590. The molecule has 6 nitrogen and oxygen atoms in total. The summed E-state index contributed by atoms with van der Waals surface area (Å²) in [6, 6.07) is 73.0. The second kappa shape index (κ2) is 13.7. The van der Waals surface area contributed by atoms with E-state index in [1.807, 2.05) is 36.4 Å². The van der Waals surface area contributed by atoms with Crippen LogP contribution in [0.1, 0.15) is 0 Å². The van der Waals surface area contributed by atoms with Crippen LogP contribution >= 0.6 is 0 Å². The van der Waals surface area contributed by atoms with Gasteiger partial charge in [0.15, 0.2) is 17.5 Å². The van der Waals surface area contributed by atoms with Gasteiger partial charge in [0.25, 0.3) is 0 Å². The van der Waals surface area contributed by atoms with Gasteiger partial charge in [-0.15, -0.1) is 0 Å². The lowest BCUT2D eigenvalue weighted by Gasteiger charge is -2.12. The van der Waals surface area contributed by atoms with Crippen molar-refractivity contribution < 1.29 is 8.83 Å². The molecule has 310 valence electrons. The maximum Gasteiger partial charge on any atom is 0.164 e. The molecule has 0 unspecified atom stereocenters. The van der Waals surface area contributed by atoms with Crippen molar-refractivity contribution >= 4 is 109 Å². The van der Waals surface area contributed by atoms with E-state index in [0.29, 0.717) is 17.5 Å². The molecule has 15 rings (SSSR count). The normalized spacial score (nSPS) is 12.2. The summed E-state index contributed by atoms with van der Waals surface area (Å²) in [6.07, 6.45) is 0. The van der Waals surface area contributed by atoms with Gasteiger partial charge in [0, 0.05) is 60.1 Å². The zero-order valence-corrected chi connectivity index (χ0v) is 35.7. The summed E-state index contributed by atoms with van der Waals surface area (Å²) in [6.45, 7) is 0. The third kappa shape index (κ3) is 5.47. The van der Waals surface area contributed by atoms with Gasteiger partial charge in [-0.05, 0) is 117 Å². The van der Waals surface area contributed by atoms with Gasteiger partial charge in [0.05, 0.1) is 11.0 Å². The number of fused-ring (bicyclic) bond motifs is 15. The van der Waals surface area contributed by atoms with Gasteiger partial charge in [-0.3, -0.25) is 0 Å². The molecular formula is C61H34N4O2. The van der Waals surface area contributed by atoms with Crippen molar-refractivity contribution in [1.29, 1.82) is 0 Å². The Morgan fingerprint density at radius 3 is 1.61 bits per heavy atom. The predicted molar refractivity (Wildman–Crippen MR) is 275 cm³/mol. The number of rotatable bonds is 4. The van der Waals surface area contributed by atoms with E-state index < -0.39 is 0 Å². The molecule has 0 bridgehead atoms. The highest BCUT2D eigenvalue weighted by molar-refractivity contribution is 6.22. The lowest BCUT2D eigenvalue weighted by Crippen LogP contribution is -2.00. The molecule has 0 spiro atoms. The standard InChI is InChI=1S/C61H34N4O2/c1-2-11-38-29-41(18-17-35(38)9-1)59-62-60(42-22-26-54-50(31-42)46-15-7-8-16-53(46)66-54)64-61(63-59)43-23-27-55-51(32-43)57-48-34-44(24-19-37(48)21-28-56(57)67-55)65-52-33-40-13-4-3-12-39(40)30-49(52)47-25-20-36-10-5-6-14-45(36)58(47)65/h1-34H. The maximum atomic E-state index is 6.65. The molecule has 0 saturated carbocycles. The number of aromatic nitrogens is 4. The minimum absolute atomic E-state index is 0.576. The molecule has 0 amide bonds. The summed E-state index contributed by atoms with van der Waals surface area (Å²) in [5.74, 6) is 1.76. The van der Waals surface area contributed by atoms with E-state index in [-0.39, 0.29) is 0 Å². The van der Waals surface area contributed by atoms with Crippen LogP contribution in [0.3, 0.4) is 0 Å². The van der Waals surface area contributed by atoms with E-state index in [2.05, 4.69) is 174 Å². The van der Waals surface area contributed by atoms with E-state index >= 15 is 0 Å². The Kier molecular flexibility index (Phi) is 7.40. The fourth-order valence-corrected chi connectivity index (χ4v) is 10.5. The summed E-state index contributed by atoms with van der Waals surface area (Å²) in [5.41, 5.74) is 9.40. The van der Waals surface area contributed by atoms with E-state index in [1.54, 1.807) is 0 Å². The predicted octanol–water partition coefficient (Wildman–Crippen LogP) is 16.4. The lowest BCUT2D eigenvalue weighted by molar-refractivity contribution is 0.668. The summed E-state index contributed by atoms with van der Waals surface area (Å²) in [7, 11) is 0. The van der Waals surface area contributed by atoms with E-state index in [4.69, 9.17) is 23.8 Å². The van der Waals surface area contributed by atoms with E-state index in [0.717, 1.165) is 87.8 Å². The second-order valence-electron chi connectivity index (χ2n) is 17.6. The molecular weight excluding hydrogens is 821 g/mol. The van der Waals surface area contributed by atoms with Crippen molar-refractivity contribution in [1.82, 2.24) is 19.5 Å². The van der Waals surface area contributed by atoms with E-state index in [9.17, 15) is 0 Å². The fraction of sp³-hybridized carbons (Fsp3) is 0. The summed E-state index contributed by atoms with van der Waals surface area (Å²) < 4.78 is 15.3. The third-order valence-electron chi connectivity index (χ3n) is 13.7. The highest BCUT2D eigenvalue weighted by atomic mass is 16.3. The van der Waals surface area contributed by atoms with Gasteiger partial charge in [0.2, 0.25) is 0 Å². The van der Waals surface area contributed by atoms with E-state index in [1.165, 1.54) is 43.4 Å². The van der Waals surface area contributed by atoms with Crippen LogP contribution in [0.2, 0.25) is 0 Å². The highest BCUT2D eigenvalue weighted by Gasteiger charge is 2.20. The van der Waals surface area contributed by atoms with Crippen molar-refractivity contribution in [3.63, 3.8) is 0 Å². The molecule has 0 fully saturated rings. The molecule has 0 radical (unpaired) electrons. The average molecular weight is 855 g/mol. The van der Waals surface area contributed by atoms with Gasteiger partial charge in [-0.25, -0.2) is 15.0 Å². The third-order valence-corrected chi connectivity index (χ3v) is 13.7. The molecule has 0 aliphatic carbocycles. The molecule has 67 heavy (non-hydrogen) atoms. The number of nitrogens with zero attached hydrogens (tertiary/aromatic N) is 4. The van der Waals surface area contributed by atoms with Crippen LogP contribution in [0.5, 0.6) is 0 Å². The van der Waals surface area contributed by atoms with Crippen LogP contribution in [0.25, 0.3) is 149 Å². The van der Waals surface area contributed by atoms with Crippen molar-refractivity contribution in [3.05, 3.63) is 206 Å². The topological polar surface area (TPSA) is 69.9 Å². The number of hydrogen-bond donors (Lipinski definition) is 0. The van der Waals surface area contributed by atoms with Gasteiger partial charge >= 0.3 is 0 Å². The molecule has 0 saturated heterocycles. The molecule has 6 heteroatoms. The second-order valence-corrected chi connectivity index (χ2v) is 17.6. The molecule has 4 heterocycles. The summed E-state index contributed by atoms with van der Waals surface area (Å²) >= 11 is 0. The molecule has 11 aromatic carbocycles. The first-order chi connectivity index (χ1) is 33.1. The number of furan rings is 2. The summed E-state index contributed by atoms with van der Waals surface area (Å²) in [5, 5.41) is 16.0. The van der Waals surface area contributed by atoms with Crippen LogP contribution in [0.15, 0.2) is 215 Å². The zero-order chi connectivity index (χ0) is 43.7. The number of hydrogen-bond acceptors (Lipinski definition) is 5. The molecule has 0 atom stereocenters. The minimum Gasteiger partial charge on any atom is -0.456 e. The fourth-order valence-electron chi connectivity index (χ4n) is 10.5.